The third-order valence-electron chi connectivity index (χ3n) is 2.68. The lowest BCUT2D eigenvalue weighted by molar-refractivity contribution is -0.142. The molecule has 0 aliphatic carbocycles. The Balaban J connectivity index is 2.70. The van der Waals surface area contributed by atoms with E-state index in [1.165, 1.54) is 0 Å². The number of carboxylic acid groups (broad SMARTS) is 1. The molecular weight excluding hydrogens is 204 g/mol. The monoisotopic (exact) mass is 222 g/mol. The summed E-state index contributed by atoms with van der Waals surface area (Å²) in [7, 11) is 0. The molecule has 1 atom stereocenters. The van der Waals surface area contributed by atoms with Crippen molar-refractivity contribution in [1.82, 2.24) is 4.90 Å². The molecule has 0 radical (unpaired) electrons. The Labute approximate surface area is 95.7 Å². The van der Waals surface area contributed by atoms with E-state index in [2.05, 4.69) is 0 Å². The molecule has 1 rings (SSSR count). The molecule has 16 heavy (non-hydrogen) atoms. The van der Waals surface area contributed by atoms with Crippen molar-refractivity contribution in [3.05, 3.63) is 29.8 Å². The molecule has 0 heterocycles. The molecule has 0 aliphatic heterocycles. The summed E-state index contributed by atoms with van der Waals surface area (Å²) in [4.78, 5) is 12.8. The molecule has 0 aliphatic rings. The summed E-state index contributed by atoms with van der Waals surface area (Å²) in [5.74, 6) is -0.794. The van der Waals surface area contributed by atoms with Crippen LogP contribution in [0, 0.1) is 0 Å². The number of likely N-dealkylation sites (N-methyl/N-ethyl adjacent to an activating group) is 1. The summed E-state index contributed by atoms with van der Waals surface area (Å²) in [6.07, 6.45) is 0. The van der Waals surface area contributed by atoms with Gasteiger partial charge in [-0.15, -0.1) is 0 Å². The van der Waals surface area contributed by atoms with Gasteiger partial charge < -0.3 is 10.8 Å². The number of hydrogen-bond donors (Lipinski definition) is 2. The van der Waals surface area contributed by atoms with Crippen LogP contribution >= 0.6 is 0 Å². The predicted octanol–water partition coefficient (Wildman–Crippen LogP) is 1.56. The van der Waals surface area contributed by atoms with Crippen LogP contribution in [0.3, 0.4) is 0 Å². The summed E-state index contributed by atoms with van der Waals surface area (Å²) in [6.45, 7) is 4.99. The maximum Gasteiger partial charge on any atom is 0.320 e. The van der Waals surface area contributed by atoms with Gasteiger partial charge in [-0.1, -0.05) is 19.1 Å². The quantitative estimate of drug-likeness (QED) is 0.742. The van der Waals surface area contributed by atoms with E-state index in [0.29, 0.717) is 13.1 Å². The molecule has 1 aromatic rings. The molecule has 4 nitrogen and oxygen atoms in total. The van der Waals surface area contributed by atoms with Crippen LogP contribution in [0.4, 0.5) is 5.69 Å². The van der Waals surface area contributed by atoms with Crippen molar-refractivity contribution in [2.45, 2.75) is 26.4 Å². The van der Waals surface area contributed by atoms with Crippen molar-refractivity contribution >= 4 is 11.7 Å². The molecule has 1 unspecified atom stereocenters. The van der Waals surface area contributed by atoms with E-state index in [4.69, 9.17) is 10.8 Å². The number of benzene rings is 1. The van der Waals surface area contributed by atoms with E-state index < -0.39 is 12.0 Å². The van der Waals surface area contributed by atoms with Crippen LogP contribution in [0.1, 0.15) is 19.4 Å². The van der Waals surface area contributed by atoms with Gasteiger partial charge >= 0.3 is 5.97 Å². The Morgan fingerprint density at radius 3 is 2.44 bits per heavy atom. The van der Waals surface area contributed by atoms with Crippen molar-refractivity contribution in [2.24, 2.45) is 0 Å². The lowest BCUT2D eigenvalue weighted by Crippen LogP contribution is -2.38. The molecule has 88 valence electrons. The SMILES string of the molecule is CCN(Cc1ccc(N)cc1)C(C)C(=O)O. The standard InChI is InChI=1S/C12H18N2O2/c1-3-14(9(2)12(15)16)8-10-4-6-11(13)7-5-10/h4-7,9H,3,8,13H2,1-2H3,(H,15,16). The Bertz CT molecular complexity index is 349. The predicted molar refractivity (Wildman–Crippen MR) is 64.0 cm³/mol. The molecule has 0 saturated heterocycles. The number of carboxylic acids is 1. The minimum Gasteiger partial charge on any atom is -0.480 e. The molecule has 0 aromatic heterocycles. The summed E-state index contributed by atoms with van der Waals surface area (Å²) in [5.41, 5.74) is 7.38. The molecule has 0 spiro atoms. The fourth-order valence-electron chi connectivity index (χ4n) is 1.54. The second kappa shape index (κ2) is 5.51. The van der Waals surface area contributed by atoms with Gasteiger partial charge in [-0.2, -0.15) is 0 Å². The van der Waals surface area contributed by atoms with E-state index in [0.717, 1.165) is 11.3 Å². The smallest absolute Gasteiger partial charge is 0.320 e. The third kappa shape index (κ3) is 3.24. The van der Waals surface area contributed by atoms with Crippen molar-refractivity contribution < 1.29 is 9.90 Å². The van der Waals surface area contributed by atoms with Crippen LogP contribution in [0.25, 0.3) is 0 Å². The fourth-order valence-corrected chi connectivity index (χ4v) is 1.54. The third-order valence-corrected chi connectivity index (χ3v) is 2.68. The molecule has 1 aromatic carbocycles. The van der Waals surface area contributed by atoms with Crippen LogP contribution in [0.2, 0.25) is 0 Å². The van der Waals surface area contributed by atoms with E-state index in [9.17, 15) is 4.79 Å². The number of carbonyl (C=O) groups is 1. The lowest BCUT2D eigenvalue weighted by Gasteiger charge is -2.24. The number of aliphatic carboxylic acids is 1. The Hall–Kier alpha value is -1.55. The van der Waals surface area contributed by atoms with Gasteiger partial charge in [-0.25, -0.2) is 0 Å². The van der Waals surface area contributed by atoms with Crippen molar-refractivity contribution in [2.75, 3.05) is 12.3 Å². The van der Waals surface area contributed by atoms with Gasteiger partial charge in [0.05, 0.1) is 0 Å². The van der Waals surface area contributed by atoms with Crippen LogP contribution in [-0.2, 0) is 11.3 Å². The first-order valence-corrected chi connectivity index (χ1v) is 5.36. The van der Waals surface area contributed by atoms with Gasteiger partial charge in [-0.3, -0.25) is 9.69 Å². The average Bonchev–Trinajstić information content (AvgIpc) is 2.27. The normalized spacial score (nSPS) is 12.7. The van der Waals surface area contributed by atoms with E-state index in [1.807, 2.05) is 36.1 Å². The molecular formula is C12H18N2O2. The highest BCUT2D eigenvalue weighted by Gasteiger charge is 2.18. The Morgan fingerprint density at radius 1 is 1.44 bits per heavy atom. The number of nitrogen functional groups attached to an aromatic ring is 1. The van der Waals surface area contributed by atoms with Gasteiger partial charge in [0.25, 0.3) is 0 Å². The van der Waals surface area contributed by atoms with Crippen molar-refractivity contribution in [3.8, 4) is 0 Å². The maximum atomic E-state index is 10.9. The van der Waals surface area contributed by atoms with E-state index in [-0.39, 0.29) is 0 Å². The summed E-state index contributed by atoms with van der Waals surface area (Å²) in [6, 6.07) is 7.03. The van der Waals surface area contributed by atoms with Crippen LogP contribution in [0.15, 0.2) is 24.3 Å². The van der Waals surface area contributed by atoms with E-state index >= 15 is 0 Å². The first-order valence-electron chi connectivity index (χ1n) is 5.36. The van der Waals surface area contributed by atoms with Crippen LogP contribution in [-0.4, -0.2) is 28.6 Å². The number of nitrogens with zero attached hydrogens (tertiary/aromatic N) is 1. The minimum absolute atomic E-state index is 0.470. The van der Waals surface area contributed by atoms with Gasteiger partial charge in [-0.05, 0) is 31.2 Å². The topological polar surface area (TPSA) is 66.6 Å². The first-order chi connectivity index (χ1) is 7.54. The summed E-state index contributed by atoms with van der Waals surface area (Å²) >= 11 is 0. The Morgan fingerprint density at radius 2 is 2.00 bits per heavy atom. The minimum atomic E-state index is -0.794. The average molecular weight is 222 g/mol. The molecule has 3 N–H and O–H groups in total. The number of anilines is 1. The molecule has 0 fully saturated rings. The van der Waals surface area contributed by atoms with Crippen molar-refractivity contribution in [3.63, 3.8) is 0 Å². The highest BCUT2D eigenvalue weighted by atomic mass is 16.4. The zero-order chi connectivity index (χ0) is 12.1. The first kappa shape index (κ1) is 12.5. The molecule has 0 amide bonds. The van der Waals surface area contributed by atoms with Crippen LogP contribution in [0.5, 0.6) is 0 Å². The van der Waals surface area contributed by atoms with Gasteiger partial charge in [0.1, 0.15) is 6.04 Å². The van der Waals surface area contributed by atoms with Gasteiger partial charge in [0, 0.05) is 12.2 Å². The molecule has 4 heteroatoms. The molecule has 0 saturated carbocycles. The number of rotatable bonds is 5. The molecule has 0 bridgehead atoms. The van der Waals surface area contributed by atoms with Gasteiger partial charge in [0.15, 0.2) is 0 Å². The zero-order valence-corrected chi connectivity index (χ0v) is 9.68. The second-order valence-electron chi connectivity index (χ2n) is 3.82. The van der Waals surface area contributed by atoms with Gasteiger partial charge in [0.2, 0.25) is 0 Å². The highest BCUT2D eigenvalue weighted by molar-refractivity contribution is 5.72. The lowest BCUT2D eigenvalue weighted by atomic mass is 10.1. The fraction of sp³-hybridized carbons (Fsp3) is 0.417. The van der Waals surface area contributed by atoms with Crippen molar-refractivity contribution in [1.29, 1.82) is 0 Å². The maximum absolute atomic E-state index is 10.9. The second-order valence-corrected chi connectivity index (χ2v) is 3.82. The zero-order valence-electron chi connectivity index (χ0n) is 9.68. The van der Waals surface area contributed by atoms with Crippen LogP contribution < -0.4 is 5.73 Å². The number of hydrogen-bond acceptors (Lipinski definition) is 3. The highest BCUT2D eigenvalue weighted by Crippen LogP contribution is 2.10. The summed E-state index contributed by atoms with van der Waals surface area (Å²) < 4.78 is 0. The number of nitrogens with two attached hydrogens (primary N) is 1. The summed E-state index contributed by atoms with van der Waals surface area (Å²) in [5, 5.41) is 8.94. The largest absolute Gasteiger partial charge is 0.480 e. The Kier molecular flexibility index (Phi) is 4.31. The van der Waals surface area contributed by atoms with E-state index in [1.54, 1.807) is 6.92 Å².